The van der Waals surface area contributed by atoms with Gasteiger partial charge >= 0.3 is 0 Å². The van der Waals surface area contributed by atoms with Crippen molar-refractivity contribution in [3.8, 4) is 6.07 Å². The van der Waals surface area contributed by atoms with Crippen molar-refractivity contribution in [3.05, 3.63) is 11.6 Å². The van der Waals surface area contributed by atoms with E-state index >= 15 is 0 Å². The number of allylic oxidation sites excluding steroid dienone is 2. The highest BCUT2D eigenvalue weighted by Crippen LogP contribution is 2.56. The summed E-state index contributed by atoms with van der Waals surface area (Å²) < 4.78 is 0. The van der Waals surface area contributed by atoms with Crippen LogP contribution in [0.5, 0.6) is 0 Å². The van der Waals surface area contributed by atoms with Crippen LogP contribution in [-0.2, 0) is 0 Å². The van der Waals surface area contributed by atoms with Crippen LogP contribution in [0.4, 0.5) is 0 Å². The second-order valence-corrected chi connectivity index (χ2v) is 5.38. The quantitative estimate of drug-likeness (QED) is 0.608. The number of nitriles is 1. The van der Waals surface area contributed by atoms with Crippen LogP contribution >= 0.6 is 0 Å². The fraction of sp³-hybridized carbons (Fsp3) is 0.769. The number of rotatable bonds is 2. The van der Waals surface area contributed by atoms with Crippen LogP contribution in [0.3, 0.4) is 0 Å². The Kier molecular flexibility index (Phi) is 2.39. The van der Waals surface area contributed by atoms with Gasteiger partial charge in [-0.25, -0.2) is 0 Å². The van der Waals surface area contributed by atoms with E-state index in [2.05, 4.69) is 26.0 Å². The Hall–Kier alpha value is -0.770. The summed E-state index contributed by atoms with van der Waals surface area (Å²) >= 11 is 0. The third-order valence-electron chi connectivity index (χ3n) is 4.02. The highest BCUT2D eigenvalue weighted by atomic mass is 14.5. The molecule has 2 saturated carbocycles. The third kappa shape index (κ3) is 1.59. The van der Waals surface area contributed by atoms with Crippen molar-refractivity contribution in [2.24, 2.45) is 17.3 Å². The molecule has 76 valence electrons. The van der Waals surface area contributed by atoms with E-state index in [1.54, 1.807) is 0 Å². The number of hydrogen-bond donors (Lipinski definition) is 0. The van der Waals surface area contributed by atoms with Crippen molar-refractivity contribution in [3.63, 3.8) is 0 Å². The highest BCUT2D eigenvalue weighted by Gasteiger charge is 2.48. The number of nitrogens with zero attached hydrogens (tertiary/aromatic N) is 1. The second-order valence-electron chi connectivity index (χ2n) is 5.38. The molecule has 0 aromatic rings. The Bertz CT molecular complexity index is 279. The minimum absolute atomic E-state index is 0.00308. The number of fused-ring (bicyclic) bond motifs is 1. The highest BCUT2D eigenvalue weighted by molar-refractivity contribution is 5.13. The first kappa shape index (κ1) is 9.77. The minimum Gasteiger partial charge on any atom is -0.198 e. The van der Waals surface area contributed by atoms with Crippen molar-refractivity contribution >= 4 is 0 Å². The average molecular weight is 189 g/mol. The Balaban J connectivity index is 2.05. The lowest BCUT2D eigenvalue weighted by molar-refractivity contribution is 0.219. The Morgan fingerprint density at radius 3 is 2.29 bits per heavy atom. The van der Waals surface area contributed by atoms with Crippen LogP contribution in [0.2, 0.25) is 0 Å². The predicted molar refractivity (Wildman–Crippen MR) is 57.5 cm³/mol. The van der Waals surface area contributed by atoms with E-state index < -0.39 is 0 Å². The van der Waals surface area contributed by atoms with Crippen LogP contribution in [0, 0.1) is 28.6 Å². The lowest BCUT2D eigenvalue weighted by atomic mass is 9.77. The molecule has 1 heteroatoms. The lowest BCUT2D eigenvalue weighted by Crippen LogP contribution is -2.18. The summed E-state index contributed by atoms with van der Waals surface area (Å²) in [4.78, 5) is 0. The zero-order chi connectivity index (χ0) is 10.2. The molecule has 2 fully saturated rings. The van der Waals surface area contributed by atoms with E-state index in [-0.39, 0.29) is 5.41 Å². The molecule has 0 aromatic carbocycles. The largest absolute Gasteiger partial charge is 0.198 e. The summed E-state index contributed by atoms with van der Waals surface area (Å²) in [5, 5.41) is 9.31. The van der Waals surface area contributed by atoms with Crippen LogP contribution in [-0.4, -0.2) is 0 Å². The Morgan fingerprint density at radius 1 is 1.36 bits per heavy atom. The maximum absolute atomic E-state index is 9.31. The zero-order valence-electron chi connectivity index (χ0n) is 9.21. The molecule has 0 saturated heterocycles. The molecule has 0 aliphatic heterocycles. The predicted octanol–water partition coefficient (Wildman–Crippen LogP) is 3.67. The van der Waals surface area contributed by atoms with Gasteiger partial charge in [0.1, 0.15) is 0 Å². The maximum atomic E-state index is 9.31. The molecule has 0 radical (unpaired) electrons. The second kappa shape index (κ2) is 3.42. The molecule has 2 aliphatic carbocycles. The first-order chi connectivity index (χ1) is 6.65. The normalized spacial score (nSPS) is 39.5. The molecular formula is C13H19N. The molecule has 2 aliphatic rings. The van der Waals surface area contributed by atoms with Crippen molar-refractivity contribution in [1.82, 2.24) is 0 Å². The molecule has 0 bridgehead atoms. The summed E-state index contributed by atoms with van der Waals surface area (Å²) in [6.07, 6.45) is 8.31. The van der Waals surface area contributed by atoms with Crippen LogP contribution in [0.25, 0.3) is 0 Å². The van der Waals surface area contributed by atoms with E-state index in [1.807, 2.05) is 0 Å². The molecule has 2 rings (SSSR count). The average Bonchev–Trinajstić information content (AvgIpc) is 2.39. The van der Waals surface area contributed by atoms with Gasteiger partial charge in [-0.3, -0.25) is 0 Å². The number of hydrogen-bond acceptors (Lipinski definition) is 1. The van der Waals surface area contributed by atoms with Crippen molar-refractivity contribution in [2.45, 2.75) is 46.0 Å². The summed E-state index contributed by atoms with van der Waals surface area (Å²) in [5.74, 6) is 1.78. The first-order valence-electron chi connectivity index (χ1n) is 5.70. The van der Waals surface area contributed by atoms with E-state index in [0.29, 0.717) is 0 Å². The van der Waals surface area contributed by atoms with Gasteiger partial charge in [-0.1, -0.05) is 11.6 Å². The summed E-state index contributed by atoms with van der Waals surface area (Å²) in [6.45, 7) is 4.24. The Morgan fingerprint density at radius 2 is 1.93 bits per heavy atom. The van der Waals surface area contributed by atoms with Crippen LogP contribution in [0.1, 0.15) is 46.0 Å². The smallest absolute Gasteiger partial charge is 0.0693 e. The lowest BCUT2D eigenvalue weighted by Gasteiger charge is -2.29. The zero-order valence-corrected chi connectivity index (χ0v) is 9.21. The van der Waals surface area contributed by atoms with Gasteiger partial charge in [0.25, 0.3) is 0 Å². The van der Waals surface area contributed by atoms with Gasteiger partial charge in [-0.15, -0.1) is 0 Å². The fourth-order valence-electron chi connectivity index (χ4n) is 2.97. The van der Waals surface area contributed by atoms with Gasteiger partial charge in [0.05, 0.1) is 11.5 Å². The molecule has 0 unspecified atom stereocenters. The van der Waals surface area contributed by atoms with Gasteiger partial charge in [-0.2, -0.15) is 5.26 Å². The molecule has 0 heterocycles. The van der Waals surface area contributed by atoms with Crippen LogP contribution in [0.15, 0.2) is 11.6 Å². The Labute approximate surface area is 86.8 Å². The molecule has 0 aromatic heterocycles. The van der Waals surface area contributed by atoms with E-state index in [0.717, 1.165) is 31.1 Å². The molecule has 0 amide bonds. The molecule has 1 nitrogen and oxygen atoms in total. The molecule has 3 atom stereocenters. The summed E-state index contributed by atoms with van der Waals surface area (Å²) in [6, 6.07) is 2.59. The van der Waals surface area contributed by atoms with Gasteiger partial charge in [0.15, 0.2) is 0 Å². The molecule has 0 N–H and O–H groups in total. The SMILES string of the molecule is CC(C)=CC[C@]1(C#N)C[C@H]2CC[C@H]2C1. The molecule has 0 spiro atoms. The fourth-order valence-corrected chi connectivity index (χ4v) is 2.97. The van der Waals surface area contributed by atoms with Crippen LogP contribution < -0.4 is 0 Å². The van der Waals surface area contributed by atoms with E-state index in [1.165, 1.54) is 18.4 Å². The van der Waals surface area contributed by atoms with Crippen molar-refractivity contribution in [2.75, 3.05) is 0 Å². The van der Waals surface area contributed by atoms with Gasteiger partial charge in [-0.05, 0) is 57.8 Å². The van der Waals surface area contributed by atoms with E-state index in [4.69, 9.17) is 0 Å². The topological polar surface area (TPSA) is 23.8 Å². The van der Waals surface area contributed by atoms with E-state index in [9.17, 15) is 5.26 Å². The summed E-state index contributed by atoms with van der Waals surface area (Å²) in [7, 11) is 0. The van der Waals surface area contributed by atoms with Crippen molar-refractivity contribution in [1.29, 1.82) is 5.26 Å². The molecular weight excluding hydrogens is 170 g/mol. The van der Waals surface area contributed by atoms with Gasteiger partial charge < -0.3 is 0 Å². The van der Waals surface area contributed by atoms with Gasteiger partial charge in [0, 0.05) is 0 Å². The minimum atomic E-state index is 0.00308. The molecule has 14 heavy (non-hydrogen) atoms. The first-order valence-corrected chi connectivity index (χ1v) is 5.70. The van der Waals surface area contributed by atoms with Crippen molar-refractivity contribution < 1.29 is 0 Å². The maximum Gasteiger partial charge on any atom is 0.0693 e. The summed E-state index contributed by atoms with van der Waals surface area (Å²) in [5.41, 5.74) is 1.35. The monoisotopic (exact) mass is 189 g/mol. The van der Waals surface area contributed by atoms with Gasteiger partial charge in [0.2, 0.25) is 0 Å². The standard InChI is InChI=1S/C13H19N/c1-10(2)5-6-13(9-14)7-11-3-4-12(11)8-13/h5,11-12H,3-4,6-8H2,1-2H3/t11-,12+,13+. The third-order valence-corrected chi connectivity index (χ3v) is 4.02.